The fraction of sp³-hybridized carbons (Fsp3) is 0.241. The van der Waals surface area contributed by atoms with Crippen molar-refractivity contribution in [3.8, 4) is 17.1 Å². The number of benzene rings is 2. The van der Waals surface area contributed by atoms with Crippen LogP contribution < -0.4 is 5.32 Å². The summed E-state index contributed by atoms with van der Waals surface area (Å²) in [7, 11) is 1.32. The topological polar surface area (TPSA) is 86.1 Å². The number of esters is 1. The molecule has 36 heavy (non-hydrogen) atoms. The van der Waals surface area contributed by atoms with Gasteiger partial charge in [0.05, 0.1) is 18.4 Å². The number of amides is 1. The largest absolute Gasteiger partial charge is 0.467 e. The molecule has 0 saturated heterocycles. The number of carbonyl (C=O) groups excluding carboxylic acids is 2. The predicted octanol–water partition coefficient (Wildman–Crippen LogP) is 4.33. The van der Waals surface area contributed by atoms with E-state index in [1.165, 1.54) is 18.2 Å². The normalized spacial score (nSPS) is 16.0. The molecule has 0 spiro atoms. The predicted molar refractivity (Wildman–Crippen MR) is 137 cm³/mol. The van der Waals surface area contributed by atoms with Crippen molar-refractivity contribution in [2.24, 2.45) is 0 Å². The average Bonchev–Trinajstić information content (AvgIpc) is 3.41. The van der Waals surface area contributed by atoms with E-state index in [-0.39, 0.29) is 0 Å². The Morgan fingerprint density at radius 1 is 0.972 bits per heavy atom. The molecule has 0 saturated carbocycles. The lowest BCUT2D eigenvalue weighted by Crippen LogP contribution is -2.43. The standard InChI is InChI=1S/C29H28N4O3/c1-36-29(35)26-19-22-13-11-20(12-14-22)6-2-3-7-21-8-4-9-23(18-21)25-15-17-33(32-25)27-24(28(34)31-26)10-5-16-30-27/h4-5,8-18,26H,2-3,6-7,19H2,1H3,(H,31,34)/t26-/m0/s1. The Morgan fingerprint density at radius 2 is 1.75 bits per heavy atom. The number of hydrogen-bond acceptors (Lipinski definition) is 5. The molecule has 7 nitrogen and oxygen atoms in total. The SMILES string of the molecule is COC(=O)[C@@H]1Cc2ccc(cc2)CCCCc2cccc(c2)-c2ccn(n2)-c2ncccc2C(=O)N1. The second-order valence-corrected chi connectivity index (χ2v) is 9.00. The lowest BCUT2D eigenvalue weighted by molar-refractivity contribution is -0.142. The van der Waals surface area contributed by atoms with Crippen LogP contribution in [-0.4, -0.2) is 39.8 Å². The van der Waals surface area contributed by atoms with Gasteiger partial charge in [-0.05, 0) is 66.6 Å². The third-order valence-corrected chi connectivity index (χ3v) is 6.49. The third kappa shape index (κ3) is 5.20. The van der Waals surface area contributed by atoms with Crippen LogP contribution in [0, 0.1) is 0 Å². The monoisotopic (exact) mass is 480 g/mol. The molecule has 6 rings (SSSR count). The molecule has 4 heterocycles. The van der Waals surface area contributed by atoms with Gasteiger partial charge in [0.25, 0.3) is 5.91 Å². The lowest BCUT2D eigenvalue weighted by atomic mass is 9.99. The van der Waals surface area contributed by atoms with Crippen molar-refractivity contribution in [1.82, 2.24) is 20.1 Å². The van der Waals surface area contributed by atoms with Gasteiger partial charge in [-0.2, -0.15) is 5.10 Å². The Morgan fingerprint density at radius 3 is 2.56 bits per heavy atom. The van der Waals surface area contributed by atoms with E-state index in [4.69, 9.17) is 9.84 Å². The Bertz CT molecular complexity index is 1380. The Balaban J connectivity index is 1.54. The molecule has 1 amide bonds. The second kappa shape index (κ2) is 10.6. The number of carbonyl (C=O) groups is 2. The molecule has 7 heteroatoms. The van der Waals surface area contributed by atoms with Crippen LogP contribution in [0.15, 0.2) is 79.1 Å². The molecular weight excluding hydrogens is 452 g/mol. The zero-order chi connectivity index (χ0) is 24.9. The minimum absolute atomic E-state index is 0.319. The van der Waals surface area contributed by atoms with Crippen LogP contribution in [0.2, 0.25) is 0 Å². The van der Waals surface area contributed by atoms with E-state index in [0.717, 1.165) is 42.5 Å². The molecule has 1 atom stereocenters. The van der Waals surface area contributed by atoms with Crippen molar-refractivity contribution >= 4 is 11.9 Å². The highest BCUT2D eigenvalue weighted by Crippen LogP contribution is 2.22. The molecule has 0 radical (unpaired) electrons. The Kier molecular flexibility index (Phi) is 6.89. The molecule has 2 aromatic heterocycles. The quantitative estimate of drug-likeness (QED) is 0.410. The van der Waals surface area contributed by atoms with Gasteiger partial charge < -0.3 is 10.1 Å². The number of hydrogen-bond donors (Lipinski definition) is 1. The summed E-state index contributed by atoms with van der Waals surface area (Å²) >= 11 is 0. The van der Waals surface area contributed by atoms with Crippen LogP contribution in [0.5, 0.6) is 0 Å². The van der Waals surface area contributed by atoms with Gasteiger partial charge in [0.1, 0.15) is 6.04 Å². The van der Waals surface area contributed by atoms with Crippen molar-refractivity contribution in [2.45, 2.75) is 38.1 Å². The summed E-state index contributed by atoms with van der Waals surface area (Å²) in [5, 5.41) is 7.55. The maximum absolute atomic E-state index is 13.3. The van der Waals surface area contributed by atoms with Gasteiger partial charge in [0, 0.05) is 24.4 Å². The minimum atomic E-state index is -0.831. The first kappa shape index (κ1) is 23.5. The zero-order valence-corrected chi connectivity index (χ0v) is 20.2. The summed E-state index contributed by atoms with van der Waals surface area (Å²) in [6, 6.07) is 21.1. The van der Waals surface area contributed by atoms with E-state index in [1.54, 1.807) is 29.2 Å². The van der Waals surface area contributed by atoms with Crippen LogP contribution in [-0.2, 0) is 28.8 Å². The van der Waals surface area contributed by atoms with Crippen molar-refractivity contribution in [2.75, 3.05) is 7.11 Å². The first-order chi connectivity index (χ1) is 17.6. The van der Waals surface area contributed by atoms with Gasteiger partial charge >= 0.3 is 5.97 Å². The van der Waals surface area contributed by atoms with E-state index < -0.39 is 17.9 Å². The van der Waals surface area contributed by atoms with Crippen molar-refractivity contribution in [3.63, 3.8) is 0 Å². The van der Waals surface area contributed by atoms with Gasteiger partial charge in [-0.25, -0.2) is 14.5 Å². The Labute approximate surface area is 210 Å². The number of nitrogens with one attached hydrogen (secondary N) is 1. The molecular formula is C29H28N4O3. The van der Waals surface area contributed by atoms with Crippen molar-refractivity contribution < 1.29 is 14.3 Å². The highest BCUT2D eigenvalue weighted by Gasteiger charge is 2.25. The van der Waals surface area contributed by atoms with Crippen LogP contribution >= 0.6 is 0 Å². The van der Waals surface area contributed by atoms with Gasteiger partial charge in [0.2, 0.25) is 0 Å². The van der Waals surface area contributed by atoms with Crippen molar-refractivity contribution in [3.05, 3.63) is 101 Å². The fourth-order valence-electron chi connectivity index (χ4n) is 4.55. The zero-order valence-electron chi connectivity index (χ0n) is 20.2. The molecule has 182 valence electrons. The first-order valence-corrected chi connectivity index (χ1v) is 12.2. The number of ether oxygens (including phenoxy) is 1. The first-order valence-electron chi connectivity index (χ1n) is 12.2. The summed E-state index contributed by atoms with van der Waals surface area (Å²) in [4.78, 5) is 30.3. The molecule has 2 aliphatic heterocycles. The molecule has 4 aromatic rings. The van der Waals surface area contributed by atoms with E-state index in [0.29, 0.717) is 17.8 Å². The summed E-state index contributed by atoms with van der Waals surface area (Å²) in [5.41, 5.74) is 5.62. The number of aryl methyl sites for hydroxylation is 2. The molecule has 0 fully saturated rings. The number of methoxy groups -OCH3 is 1. The molecule has 0 unspecified atom stereocenters. The number of pyridine rings is 1. The summed E-state index contributed by atoms with van der Waals surface area (Å²) in [6.45, 7) is 0. The summed E-state index contributed by atoms with van der Waals surface area (Å²) in [6.07, 6.45) is 7.90. The van der Waals surface area contributed by atoms with Crippen molar-refractivity contribution in [1.29, 1.82) is 0 Å². The maximum atomic E-state index is 13.3. The minimum Gasteiger partial charge on any atom is -0.467 e. The fourth-order valence-corrected chi connectivity index (χ4v) is 4.55. The van der Waals surface area contributed by atoms with Crippen LogP contribution in [0.25, 0.3) is 17.1 Å². The van der Waals surface area contributed by atoms with Crippen LogP contribution in [0.4, 0.5) is 0 Å². The number of rotatable bonds is 1. The van der Waals surface area contributed by atoms with Crippen LogP contribution in [0.3, 0.4) is 0 Å². The van der Waals surface area contributed by atoms with E-state index >= 15 is 0 Å². The number of aromatic nitrogens is 3. The lowest BCUT2D eigenvalue weighted by Gasteiger charge is -2.18. The molecule has 2 aromatic carbocycles. The number of nitrogens with zero attached hydrogens (tertiary/aromatic N) is 3. The summed E-state index contributed by atoms with van der Waals surface area (Å²) < 4.78 is 6.58. The second-order valence-electron chi connectivity index (χ2n) is 9.00. The molecule has 6 bridgehead atoms. The van der Waals surface area contributed by atoms with E-state index in [1.807, 2.05) is 24.3 Å². The molecule has 1 N–H and O–H groups in total. The van der Waals surface area contributed by atoms with Gasteiger partial charge in [-0.15, -0.1) is 0 Å². The van der Waals surface area contributed by atoms with Gasteiger partial charge in [-0.1, -0.05) is 42.5 Å². The smallest absolute Gasteiger partial charge is 0.328 e. The van der Waals surface area contributed by atoms with E-state index in [2.05, 4.69) is 40.6 Å². The van der Waals surface area contributed by atoms with Gasteiger partial charge in [0.15, 0.2) is 5.82 Å². The van der Waals surface area contributed by atoms with E-state index in [9.17, 15) is 9.59 Å². The third-order valence-electron chi connectivity index (χ3n) is 6.49. The van der Waals surface area contributed by atoms with Gasteiger partial charge in [-0.3, -0.25) is 4.79 Å². The number of fused-ring (bicyclic) bond motifs is 8. The Hall–Kier alpha value is -4.26. The summed E-state index contributed by atoms with van der Waals surface area (Å²) in [5.74, 6) is -0.528. The molecule has 2 aliphatic rings. The molecule has 0 aliphatic carbocycles. The average molecular weight is 481 g/mol. The van der Waals surface area contributed by atoms with Crippen LogP contribution in [0.1, 0.15) is 39.9 Å². The maximum Gasteiger partial charge on any atom is 0.328 e. The highest BCUT2D eigenvalue weighted by atomic mass is 16.5. The highest BCUT2D eigenvalue weighted by molar-refractivity contribution is 5.99.